The van der Waals surface area contributed by atoms with Gasteiger partial charge in [0.1, 0.15) is 6.10 Å². The second-order valence-electron chi connectivity index (χ2n) is 2.76. The summed E-state index contributed by atoms with van der Waals surface area (Å²) >= 11 is 0. The molecule has 0 bridgehead atoms. The standard InChI is InChI=1S/C7H12F2O2/c1-4-3-6(7(8)9)11-5(2)10-4/h4-7H,3H2,1-2H3. The van der Waals surface area contributed by atoms with Gasteiger partial charge in [-0.05, 0) is 13.8 Å². The lowest BCUT2D eigenvalue weighted by Crippen LogP contribution is -2.38. The van der Waals surface area contributed by atoms with E-state index in [2.05, 4.69) is 0 Å². The summed E-state index contributed by atoms with van der Waals surface area (Å²) in [6.07, 6.45) is -3.70. The van der Waals surface area contributed by atoms with E-state index in [1.807, 2.05) is 0 Å². The zero-order valence-corrected chi connectivity index (χ0v) is 6.59. The lowest BCUT2D eigenvalue weighted by molar-refractivity contribution is -0.253. The summed E-state index contributed by atoms with van der Waals surface area (Å²) in [5, 5.41) is 0. The third-order valence-electron chi connectivity index (χ3n) is 1.64. The van der Waals surface area contributed by atoms with Crippen LogP contribution < -0.4 is 0 Å². The van der Waals surface area contributed by atoms with Gasteiger partial charge in [-0.15, -0.1) is 0 Å². The van der Waals surface area contributed by atoms with Gasteiger partial charge in [0, 0.05) is 6.42 Å². The van der Waals surface area contributed by atoms with E-state index in [9.17, 15) is 8.78 Å². The number of hydrogen-bond acceptors (Lipinski definition) is 2. The molecule has 0 N–H and O–H groups in total. The van der Waals surface area contributed by atoms with E-state index < -0.39 is 18.8 Å². The Hall–Kier alpha value is -0.220. The first-order chi connectivity index (χ1) is 5.09. The van der Waals surface area contributed by atoms with Gasteiger partial charge >= 0.3 is 0 Å². The Kier molecular flexibility index (Phi) is 2.78. The Morgan fingerprint density at radius 1 is 1.27 bits per heavy atom. The molecule has 4 heteroatoms. The van der Waals surface area contributed by atoms with Gasteiger partial charge in [0.25, 0.3) is 6.43 Å². The summed E-state index contributed by atoms with van der Waals surface area (Å²) in [5.41, 5.74) is 0. The highest BCUT2D eigenvalue weighted by Gasteiger charge is 2.31. The molecular weight excluding hydrogens is 154 g/mol. The van der Waals surface area contributed by atoms with Crippen molar-refractivity contribution in [1.82, 2.24) is 0 Å². The van der Waals surface area contributed by atoms with Gasteiger partial charge in [0.2, 0.25) is 0 Å². The van der Waals surface area contributed by atoms with Crippen LogP contribution in [0.4, 0.5) is 8.78 Å². The fraction of sp³-hybridized carbons (Fsp3) is 1.00. The van der Waals surface area contributed by atoms with Crippen molar-refractivity contribution in [1.29, 1.82) is 0 Å². The fourth-order valence-corrected chi connectivity index (χ4v) is 1.21. The zero-order valence-electron chi connectivity index (χ0n) is 6.59. The van der Waals surface area contributed by atoms with Gasteiger partial charge in [0.15, 0.2) is 6.29 Å². The lowest BCUT2D eigenvalue weighted by Gasteiger charge is -2.31. The summed E-state index contributed by atoms with van der Waals surface area (Å²) in [5.74, 6) is 0. The predicted molar refractivity (Wildman–Crippen MR) is 35.5 cm³/mol. The second-order valence-corrected chi connectivity index (χ2v) is 2.76. The van der Waals surface area contributed by atoms with Crippen LogP contribution in [0.3, 0.4) is 0 Å². The lowest BCUT2D eigenvalue weighted by atomic mass is 10.1. The maximum Gasteiger partial charge on any atom is 0.264 e. The molecule has 0 saturated carbocycles. The van der Waals surface area contributed by atoms with E-state index in [0.717, 1.165) is 0 Å². The number of ether oxygens (including phenoxy) is 2. The van der Waals surface area contributed by atoms with Crippen LogP contribution in [0.25, 0.3) is 0 Å². The second kappa shape index (κ2) is 3.45. The van der Waals surface area contributed by atoms with Crippen molar-refractivity contribution >= 4 is 0 Å². The molecule has 1 aliphatic heterocycles. The SMILES string of the molecule is CC1CC(C(F)F)OC(C)O1. The van der Waals surface area contributed by atoms with Crippen LogP contribution in [0.2, 0.25) is 0 Å². The fourth-order valence-electron chi connectivity index (χ4n) is 1.21. The van der Waals surface area contributed by atoms with Crippen LogP contribution in [0.5, 0.6) is 0 Å². The zero-order chi connectivity index (χ0) is 8.43. The molecule has 0 aromatic rings. The quantitative estimate of drug-likeness (QED) is 0.591. The topological polar surface area (TPSA) is 18.5 Å². The molecule has 0 amide bonds. The van der Waals surface area contributed by atoms with E-state index in [0.29, 0.717) is 0 Å². The van der Waals surface area contributed by atoms with Crippen LogP contribution in [0.15, 0.2) is 0 Å². The largest absolute Gasteiger partial charge is 0.350 e. The number of rotatable bonds is 1. The van der Waals surface area contributed by atoms with Gasteiger partial charge in [0.05, 0.1) is 6.10 Å². The molecule has 0 aromatic heterocycles. The van der Waals surface area contributed by atoms with Crippen molar-refractivity contribution in [2.24, 2.45) is 0 Å². The highest BCUT2D eigenvalue weighted by molar-refractivity contribution is 4.69. The Morgan fingerprint density at radius 2 is 1.91 bits per heavy atom. The molecule has 1 heterocycles. The van der Waals surface area contributed by atoms with E-state index >= 15 is 0 Å². The van der Waals surface area contributed by atoms with E-state index in [4.69, 9.17) is 9.47 Å². The first-order valence-electron chi connectivity index (χ1n) is 3.68. The summed E-state index contributed by atoms with van der Waals surface area (Å²) in [4.78, 5) is 0. The van der Waals surface area contributed by atoms with E-state index in [-0.39, 0.29) is 12.5 Å². The molecule has 1 fully saturated rings. The first kappa shape index (κ1) is 8.87. The third kappa shape index (κ3) is 2.38. The maximum atomic E-state index is 12.1. The van der Waals surface area contributed by atoms with E-state index in [1.54, 1.807) is 13.8 Å². The third-order valence-corrected chi connectivity index (χ3v) is 1.64. The monoisotopic (exact) mass is 166 g/mol. The van der Waals surface area contributed by atoms with Crippen LogP contribution >= 0.6 is 0 Å². The molecule has 0 aliphatic carbocycles. The van der Waals surface area contributed by atoms with E-state index in [1.165, 1.54) is 0 Å². The van der Waals surface area contributed by atoms with Crippen molar-refractivity contribution in [3.8, 4) is 0 Å². The minimum Gasteiger partial charge on any atom is -0.350 e. The van der Waals surface area contributed by atoms with Crippen molar-refractivity contribution in [2.75, 3.05) is 0 Å². The number of alkyl halides is 2. The van der Waals surface area contributed by atoms with Crippen LogP contribution in [-0.4, -0.2) is 24.9 Å². The molecule has 1 aliphatic rings. The molecule has 3 atom stereocenters. The van der Waals surface area contributed by atoms with Crippen molar-refractivity contribution in [3.63, 3.8) is 0 Å². The van der Waals surface area contributed by atoms with Crippen molar-refractivity contribution < 1.29 is 18.3 Å². The highest BCUT2D eigenvalue weighted by atomic mass is 19.3. The average Bonchev–Trinajstić information content (AvgIpc) is 1.85. The Labute approximate surface area is 64.5 Å². The predicted octanol–water partition coefficient (Wildman–Crippen LogP) is 1.79. The molecule has 3 unspecified atom stereocenters. The molecule has 66 valence electrons. The molecule has 1 saturated heterocycles. The van der Waals surface area contributed by atoms with Crippen LogP contribution in [0.1, 0.15) is 20.3 Å². The molecule has 1 rings (SSSR count). The Balaban J connectivity index is 2.43. The number of hydrogen-bond donors (Lipinski definition) is 0. The van der Waals surface area contributed by atoms with Crippen molar-refractivity contribution in [2.45, 2.75) is 45.2 Å². The normalized spacial score (nSPS) is 39.5. The van der Waals surface area contributed by atoms with Crippen LogP contribution in [0, 0.1) is 0 Å². The molecule has 2 nitrogen and oxygen atoms in total. The molecular formula is C7H12F2O2. The maximum absolute atomic E-state index is 12.1. The summed E-state index contributed by atoms with van der Waals surface area (Å²) < 4.78 is 34.1. The van der Waals surface area contributed by atoms with Gasteiger partial charge < -0.3 is 9.47 Å². The molecule has 0 aromatic carbocycles. The number of halogens is 2. The summed E-state index contributed by atoms with van der Waals surface area (Å²) in [6.45, 7) is 3.40. The van der Waals surface area contributed by atoms with Crippen LogP contribution in [-0.2, 0) is 9.47 Å². The highest BCUT2D eigenvalue weighted by Crippen LogP contribution is 2.22. The minimum atomic E-state index is -2.40. The summed E-state index contributed by atoms with van der Waals surface area (Å²) in [6, 6.07) is 0. The molecule has 0 spiro atoms. The Bertz CT molecular complexity index is 120. The first-order valence-corrected chi connectivity index (χ1v) is 3.68. The smallest absolute Gasteiger partial charge is 0.264 e. The Morgan fingerprint density at radius 3 is 2.36 bits per heavy atom. The van der Waals surface area contributed by atoms with Gasteiger partial charge in [-0.3, -0.25) is 0 Å². The summed E-state index contributed by atoms with van der Waals surface area (Å²) in [7, 11) is 0. The minimum absolute atomic E-state index is 0.127. The average molecular weight is 166 g/mol. The van der Waals surface area contributed by atoms with Gasteiger partial charge in [-0.2, -0.15) is 0 Å². The molecule has 11 heavy (non-hydrogen) atoms. The molecule has 0 radical (unpaired) electrons. The van der Waals surface area contributed by atoms with Crippen molar-refractivity contribution in [3.05, 3.63) is 0 Å². The van der Waals surface area contributed by atoms with Gasteiger partial charge in [-0.1, -0.05) is 0 Å². The van der Waals surface area contributed by atoms with Gasteiger partial charge in [-0.25, -0.2) is 8.78 Å².